The smallest absolute Gasteiger partial charge is 0.188 e. The summed E-state index contributed by atoms with van der Waals surface area (Å²) in [5, 5.41) is 3.07. The van der Waals surface area contributed by atoms with Gasteiger partial charge in [-0.3, -0.25) is 0 Å². The summed E-state index contributed by atoms with van der Waals surface area (Å²) in [5.74, 6) is 0.523. The first kappa shape index (κ1) is 18.2. The number of nitrogens with two attached hydrogens (primary N) is 1. The Morgan fingerprint density at radius 1 is 1.32 bits per heavy atom. The third-order valence-electron chi connectivity index (χ3n) is 2.48. The van der Waals surface area contributed by atoms with Crippen molar-refractivity contribution < 1.29 is 0 Å². The quantitative estimate of drug-likeness (QED) is 0.455. The minimum atomic E-state index is 0. The number of guanidine groups is 1. The molecule has 19 heavy (non-hydrogen) atoms. The Bertz CT molecular complexity index is 391. The molecule has 0 saturated heterocycles. The molecule has 1 aromatic carbocycles. The molecule has 0 aliphatic heterocycles. The van der Waals surface area contributed by atoms with Gasteiger partial charge in [0.25, 0.3) is 0 Å². The summed E-state index contributed by atoms with van der Waals surface area (Å²) >= 11 is 0. The molecule has 5 heteroatoms. The number of benzene rings is 1. The molecule has 1 rings (SSSR count). The summed E-state index contributed by atoms with van der Waals surface area (Å²) in [6.45, 7) is 4.55. The van der Waals surface area contributed by atoms with E-state index in [9.17, 15) is 0 Å². The monoisotopic (exact) mass is 376 g/mol. The Morgan fingerprint density at radius 2 is 2.00 bits per heavy atom. The first-order valence-electron chi connectivity index (χ1n) is 6.38. The fraction of sp³-hybridized carbons (Fsp3) is 0.500. The second-order valence-electron chi connectivity index (χ2n) is 4.69. The van der Waals surface area contributed by atoms with E-state index in [1.54, 1.807) is 0 Å². The van der Waals surface area contributed by atoms with E-state index < -0.39 is 0 Å². The molecule has 0 spiro atoms. The van der Waals surface area contributed by atoms with Crippen LogP contribution >= 0.6 is 24.0 Å². The SMILES string of the molecule is CCCNC(N)=NCc1cccc(CN(C)C)c1.I. The highest BCUT2D eigenvalue weighted by molar-refractivity contribution is 14.0. The van der Waals surface area contributed by atoms with Gasteiger partial charge in [0.05, 0.1) is 6.54 Å². The van der Waals surface area contributed by atoms with Crippen LogP contribution in [0.1, 0.15) is 24.5 Å². The number of halogens is 1. The zero-order chi connectivity index (χ0) is 13.4. The van der Waals surface area contributed by atoms with Gasteiger partial charge < -0.3 is 16.0 Å². The molecule has 0 aromatic heterocycles. The molecule has 0 bridgehead atoms. The van der Waals surface area contributed by atoms with Gasteiger partial charge in [-0.15, -0.1) is 24.0 Å². The standard InChI is InChI=1S/C14H24N4.HI/c1-4-8-16-14(15)17-10-12-6-5-7-13(9-12)11-18(2)3;/h5-7,9H,4,8,10-11H2,1-3H3,(H3,15,16,17);1H. The average molecular weight is 376 g/mol. The Kier molecular flexibility index (Phi) is 9.59. The van der Waals surface area contributed by atoms with Crippen LogP contribution in [0.15, 0.2) is 29.3 Å². The normalized spacial score (nSPS) is 11.3. The number of hydrogen-bond acceptors (Lipinski definition) is 2. The summed E-state index contributed by atoms with van der Waals surface area (Å²) in [5.41, 5.74) is 8.25. The predicted octanol–water partition coefficient (Wildman–Crippen LogP) is 2.18. The van der Waals surface area contributed by atoms with Gasteiger partial charge in [0, 0.05) is 13.1 Å². The van der Waals surface area contributed by atoms with Crippen LogP contribution < -0.4 is 11.1 Å². The van der Waals surface area contributed by atoms with Gasteiger partial charge >= 0.3 is 0 Å². The van der Waals surface area contributed by atoms with E-state index in [1.807, 2.05) is 0 Å². The maximum Gasteiger partial charge on any atom is 0.188 e. The third kappa shape index (κ3) is 8.05. The molecule has 108 valence electrons. The van der Waals surface area contributed by atoms with Crippen molar-refractivity contribution in [2.45, 2.75) is 26.4 Å². The van der Waals surface area contributed by atoms with Gasteiger partial charge in [0.1, 0.15) is 0 Å². The van der Waals surface area contributed by atoms with Gasteiger partial charge in [-0.25, -0.2) is 4.99 Å². The van der Waals surface area contributed by atoms with Crippen molar-refractivity contribution in [3.8, 4) is 0 Å². The Hall–Kier alpha value is -0.820. The lowest BCUT2D eigenvalue weighted by Crippen LogP contribution is -2.32. The second kappa shape index (κ2) is 10.0. The molecule has 0 unspecified atom stereocenters. The maximum atomic E-state index is 5.76. The van der Waals surface area contributed by atoms with Crippen molar-refractivity contribution in [1.29, 1.82) is 0 Å². The number of aliphatic imine (C=N–C) groups is 1. The molecule has 0 amide bonds. The fourth-order valence-electron chi connectivity index (χ4n) is 1.68. The van der Waals surface area contributed by atoms with Crippen molar-refractivity contribution in [3.05, 3.63) is 35.4 Å². The molecule has 3 N–H and O–H groups in total. The molecule has 0 saturated carbocycles. The van der Waals surface area contributed by atoms with E-state index in [-0.39, 0.29) is 24.0 Å². The summed E-state index contributed by atoms with van der Waals surface area (Å²) in [6, 6.07) is 8.46. The molecule has 0 radical (unpaired) electrons. The third-order valence-corrected chi connectivity index (χ3v) is 2.48. The summed E-state index contributed by atoms with van der Waals surface area (Å²) < 4.78 is 0. The molecule has 4 nitrogen and oxygen atoms in total. The minimum Gasteiger partial charge on any atom is -0.370 e. The van der Waals surface area contributed by atoms with Gasteiger partial charge in [-0.05, 0) is 31.6 Å². The maximum absolute atomic E-state index is 5.76. The number of hydrogen-bond donors (Lipinski definition) is 2. The molecule has 0 aliphatic rings. The van der Waals surface area contributed by atoms with Crippen molar-refractivity contribution in [3.63, 3.8) is 0 Å². The highest BCUT2D eigenvalue weighted by Crippen LogP contribution is 2.08. The van der Waals surface area contributed by atoms with Crippen LogP contribution in [0, 0.1) is 0 Å². The highest BCUT2D eigenvalue weighted by atomic mass is 127. The van der Waals surface area contributed by atoms with E-state index in [2.05, 4.69) is 60.5 Å². The van der Waals surface area contributed by atoms with Crippen LogP contribution in [-0.2, 0) is 13.1 Å². The molecule has 1 aromatic rings. The molecular formula is C14H25IN4. The van der Waals surface area contributed by atoms with Crippen LogP contribution in [0.2, 0.25) is 0 Å². The van der Waals surface area contributed by atoms with Crippen molar-refractivity contribution in [2.75, 3.05) is 20.6 Å². The van der Waals surface area contributed by atoms with Crippen LogP contribution in [0.4, 0.5) is 0 Å². The lowest BCUT2D eigenvalue weighted by Gasteiger charge is -2.10. The van der Waals surface area contributed by atoms with Crippen LogP contribution in [0.25, 0.3) is 0 Å². The Morgan fingerprint density at radius 3 is 2.63 bits per heavy atom. The van der Waals surface area contributed by atoms with E-state index in [1.165, 1.54) is 11.1 Å². The number of nitrogens with zero attached hydrogens (tertiary/aromatic N) is 2. The number of rotatable bonds is 6. The predicted molar refractivity (Wildman–Crippen MR) is 92.9 cm³/mol. The largest absolute Gasteiger partial charge is 0.370 e. The topological polar surface area (TPSA) is 53.6 Å². The Labute approximate surface area is 133 Å². The van der Waals surface area contributed by atoms with Crippen LogP contribution in [0.5, 0.6) is 0 Å². The lowest BCUT2D eigenvalue weighted by molar-refractivity contribution is 0.402. The molecule has 0 aliphatic carbocycles. The molecule has 0 atom stereocenters. The van der Waals surface area contributed by atoms with Gasteiger partial charge in [-0.1, -0.05) is 31.2 Å². The van der Waals surface area contributed by atoms with Crippen molar-refractivity contribution >= 4 is 29.9 Å². The van der Waals surface area contributed by atoms with Crippen LogP contribution in [-0.4, -0.2) is 31.5 Å². The molecule has 0 heterocycles. The summed E-state index contributed by atoms with van der Waals surface area (Å²) in [4.78, 5) is 6.47. The Balaban J connectivity index is 0.00000324. The number of nitrogens with one attached hydrogen (secondary N) is 1. The first-order chi connectivity index (χ1) is 8.61. The van der Waals surface area contributed by atoms with Gasteiger partial charge in [-0.2, -0.15) is 0 Å². The molecule has 0 fully saturated rings. The fourth-order valence-corrected chi connectivity index (χ4v) is 1.68. The zero-order valence-corrected chi connectivity index (χ0v) is 14.3. The van der Waals surface area contributed by atoms with Crippen molar-refractivity contribution in [2.24, 2.45) is 10.7 Å². The lowest BCUT2D eigenvalue weighted by atomic mass is 10.1. The molecular weight excluding hydrogens is 351 g/mol. The second-order valence-corrected chi connectivity index (χ2v) is 4.69. The summed E-state index contributed by atoms with van der Waals surface area (Å²) in [6.07, 6.45) is 1.05. The van der Waals surface area contributed by atoms with E-state index in [0.717, 1.165) is 19.5 Å². The van der Waals surface area contributed by atoms with Gasteiger partial charge in [0.15, 0.2) is 5.96 Å². The minimum absolute atomic E-state index is 0. The van der Waals surface area contributed by atoms with Crippen LogP contribution in [0.3, 0.4) is 0 Å². The summed E-state index contributed by atoms with van der Waals surface area (Å²) in [7, 11) is 4.13. The highest BCUT2D eigenvalue weighted by Gasteiger charge is 1.98. The van der Waals surface area contributed by atoms with Gasteiger partial charge in [0.2, 0.25) is 0 Å². The van der Waals surface area contributed by atoms with E-state index >= 15 is 0 Å². The van der Waals surface area contributed by atoms with E-state index in [0.29, 0.717) is 12.5 Å². The zero-order valence-electron chi connectivity index (χ0n) is 12.0. The first-order valence-corrected chi connectivity index (χ1v) is 6.38. The van der Waals surface area contributed by atoms with E-state index in [4.69, 9.17) is 5.73 Å². The average Bonchev–Trinajstić information content (AvgIpc) is 2.33. The van der Waals surface area contributed by atoms with Crippen molar-refractivity contribution in [1.82, 2.24) is 10.2 Å².